The number of benzene rings is 5. The van der Waals surface area contributed by atoms with E-state index in [0.29, 0.717) is 62.0 Å². The topological polar surface area (TPSA) is 574 Å². The number of hydrogen-bond donors (Lipinski definition) is 16. The number of aromatic nitrogens is 1. The van der Waals surface area contributed by atoms with Crippen LogP contribution in [0.1, 0.15) is 215 Å². The van der Waals surface area contributed by atoms with E-state index in [4.69, 9.17) is 40.6 Å². The van der Waals surface area contributed by atoms with Gasteiger partial charge in [-0.3, -0.25) is 72.3 Å². The molecule has 0 saturated carbocycles. The minimum atomic E-state index is -4.31. The van der Waals surface area contributed by atoms with Crippen LogP contribution in [0.25, 0.3) is 10.9 Å². The molecular weight excluding hydrogens is 1850 g/mol. The van der Waals surface area contributed by atoms with Gasteiger partial charge < -0.3 is 99.0 Å². The fraction of sp³-hybridized carbons (Fsp3) is 0.529. The van der Waals surface area contributed by atoms with Crippen molar-refractivity contribution in [3.8, 4) is 5.75 Å². The number of nitrogens with zero attached hydrogens (tertiary/aromatic N) is 1. The van der Waals surface area contributed by atoms with Crippen molar-refractivity contribution < 1.29 is 104 Å². The number of nitrogens with one attached hydrogen (secondary N) is 14. The molecule has 0 saturated heterocycles. The number of rotatable bonds is 47. The van der Waals surface area contributed by atoms with E-state index in [1.54, 1.807) is 247 Å². The number of alkyl carbamates (subject to hydrolysis) is 1. The molecule has 6 aromatic rings. The molecule has 7 rings (SSSR count). The molecule has 2 unspecified atom stereocenters. The number of amides is 13. The van der Waals surface area contributed by atoms with Gasteiger partial charge in [0.05, 0.1) is 53.2 Å². The summed E-state index contributed by atoms with van der Waals surface area (Å²) in [5.74, 6) is -14.0. The molecule has 5 aromatic carbocycles. The van der Waals surface area contributed by atoms with Crippen LogP contribution in [0.5, 0.6) is 5.75 Å². The minimum absolute atomic E-state index is 0.0145. The van der Waals surface area contributed by atoms with Crippen molar-refractivity contribution in [2.45, 2.75) is 329 Å². The Morgan fingerprint density at radius 1 is 0.472 bits per heavy atom. The van der Waals surface area contributed by atoms with Crippen molar-refractivity contribution in [2.75, 3.05) is 13.2 Å². The number of carbonyl (C=O) groups is 15. The molecule has 12 atom stereocenters. The highest BCUT2D eigenvalue weighted by molar-refractivity contribution is 7.90. The molecule has 39 nitrogen and oxygen atoms in total. The Morgan fingerprint density at radius 3 is 1.34 bits per heavy atom. The van der Waals surface area contributed by atoms with Crippen molar-refractivity contribution in [1.29, 1.82) is 5.41 Å². The number of guanidine groups is 1. The normalized spacial score (nSPS) is 15.1. The lowest BCUT2D eigenvalue weighted by molar-refractivity contribution is -0.141. The first-order valence-electron chi connectivity index (χ1n) is 47.5. The second kappa shape index (κ2) is 50.3. The van der Waals surface area contributed by atoms with Crippen molar-refractivity contribution in [3.05, 3.63) is 166 Å². The molecule has 0 spiro atoms. The maximum Gasteiger partial charge on any atom is 0.419 e. The van der Waals surface area contributed by atoms with Crippen LogP contribution < -0.4 is 84.7 Å². The van der Waals surface area contributed by atoms with Gasteiger partial charge in [-0.25, -0.2) is 22.7 Å². The van der Waals surface area contributed by atoms with Crippen LogP contribution in [0, 0.1) is 38.0 Å². The largest absolute Gasteiger partial charge is 0.487 e. The Morgan fingerprint density at radius 2 is 0.880 bits per heavy atom. The van der Waals surface area contributed by atoms with E-state index in [9.17, 15) is 51.6 Å². The fourth-order valence-corrected chi connectivity index (χ4v) is 17.5. The molecule has 40 heteroatoms. The zero-order valence-corrected chi connectivity index (χ0v) is 86.4. The van der Waals surface area contributed by atoms with Gasteiger partial charge in [0.15, 0.2) is 5.78 Å². The van der Waals surface area contributed by atoms with Crippen molar-refractivity contribution in [2.24, 2.45) is 23.3 Å². The average molecular weight is 1990 g/mol. The molecule has 1 aliphatic rings. The first-order chi connectivity index (χ1) is 66.0. The molecule has 0 fully saturated rings. The van der Waals surface area contributed by atoms with Crippen molar-refractivity contribution in [1.82, 2.24) is 73.1 Å². The number of nitrogens with two attached hydrogens (primary N) is 2. The molecule has 1 aliphatic heterocycles. The zero-order chi connectivity index (χ0) is 106. The summed E-state index contributed by atoms with van der Waals surface area (Å²) in [7, 11) is -4.31. The number of hydrogen-bond acceptors (Lipinski definition) is 23. The summed E-state index contributed by atoms with van der Waals surface area (Å²) in [6.45, 7) is 37.7. The molecule has 776 valence electrons. The first-order valence-corrected chi connectivity index (χ1v) is 49.0. The van der Waals surface area contributed by atoms with Crippen LogP contribution in [0.15, 0.2) is 126 Å². The van der Waals surface area contributed by atoms with Gasteiger partial charge in [0.1, 0.15) is 83.0 Å². The number of ether oxygens (including phenoxy) is 5. The van der Waals surface area contributed by atoms with E-state index < -0.39 is 231 Å². The summed E-state index contributed by atoms with van der Waals surface area (Å²) in [5, 5.41) is 41.1. The number of Topliss-reactive ketones (excluding diaryl/α,β-unsaturated/α-hetero) is 1. The van der Waals surface area contributed by atoms with Crippen LogP contribution >= 0.6 is 0 Å². The van der Waals surface area contributed by atoms with Gasteiger partial charge in [0, 0.05) is 55.8 Å². The van der Waals surface area contributed by atoms with Gasteiger partial charge in [-0.2, -0.15) is 0 Å². The molecule has 2 heterocycles. The Labute approximate surface area is 831 Å². The van der Waals surface area contributed by atoms with Crippen LogP contribution in [0.2, 0.25) is 0 Å². The Hall–Kier alpha value is -13.4. The zero-order valence-electron chi connectivity index (χ0n) is 85.6. The molecule has 18 N–H and O–H groups in total. The number of ketones is 1. The van der Waals surface area contributed by atoms with Gasteiger partial charge in [0.2, 0.25) is 76.8 Å². The summed E-state index contributed by atoms with van der Waals surface area (Å²) in [6.07, 6.45) is -3.97. The molecule has 0 bridgehead atoms. The highest BCUT2D eigenvalue weighted by atomic mass is 32.2. The number of carbonyl (C=O) groups excluding carboxylic acids is 15. The summed E-state index contributed by atoms with van der Waals surface area (Å²) in [6, 6.07) is 14.0. The summed E-state index contributed by atoms with van der Waals surface area (Å²) < 4.78 is 61.6. The predicted octanol–water partition coefficient (Wildman–Crippen LogP) is 6.42. The van der Waals surface area contributed by atoms with Crippen LogP contribution in [0.3, 0.4) is 0 Å². The third kappa shape index (κ3) is 36.3. The maximum atomic E-state index is 15.7. The SMILES string of the molecule is CC(=O)[C@H](CCCNC(=N)NS(=O)(=O)c1c(C)c(C)c2c(c1C)CC(C)(C)O2)NC(=O)[C@H](CC(C)C)NC(=O)C(Cc1cn(C(=O)OC(C)(C)C)c2ccccc12)NC(=O)[C@H](Cc1ccccc1)NC(=O)[C@H](COC(C)(C)C)NC(=O)[C@@H](NC(=O)[C@@H](NC(=O)[C@H](Cc1ccccc1)NC(=O)[C@H](CC(N)=O)NC(=O)[C@H](CC(N)=O)NC(=O)C(Cc1ccccc1)NC(=O)OC(C)(C)C)[C@@H](C)OC(C)(C)C)C(C)C. The van der Waals surface area contributed by atoms with E-state index in [1.165, 1.54) is 24.6 Å². The van der Waals surface area contributed by atoms with E-state index in [1.807, 2.05) is 13.8 Å². The number of fused-ring (bicyclic) bond motifs is 2. The molecule has 0 radical (unpaired) electrons. The van der Waals surface area contributed by atoms with Gasteiger partial charge in [-0.1, -0.05) is 137 Å². The van der Waals surface area contributed by atoms with Gasteiger partial charge in [0.25, 0.3) is 10.0 Å². The van der Waals surface area contributed by atoms with Crippen LogP contribution in [-0.2, 0) is 123 Å². The summed E-state index contributed by atoms with van der Waals surface area (Å²) >= 11 is 0. The summed E-state index contributed by atoms with van der Waals surface area (Å²) in [5.41, 5.74) is 11.3. The predicted molar refractivity (Wildman–Crippen MR) is 533 cm³/mol. The van der Waals surface area contributed by atoms with Crippen LogP contribution in [0.4, 0.5) is 9.59 Å². The standard InChI is InChI=1S/C102H145N17O22S/c1-56(2)46-70(85(123)107-69(61(8)120)43-35-45-106-95(105)118-142(135,136)84-59(6)58(5)83-68(60(84)7)53-102(22,23)139-83)108-88(126)74(50-66-54-119(97(134)141-101(19,20)21)78-44-34-33-42-67(66)78)111-86(124)71(47-63-36-27-24-28-37-63)110-92(130)77(55-137-98(10,11)12)114-93(131)81(57(3)4)116-94(132)82(62(9)138-99(13,14)15)117-91(129)72(48-64-38-29-25-30-39-64)109-89(127)75(51-79(103)121)113-90(128)76(52-80(104)122)112-87(125)73(49-65-40-31-26-32-41-65)115-96(133)140-100(16,17)18/h24-34,36-42,44,54,56-57,62,69-77,81-82H,35,43,45-53,55H2,1-23H3,(H2,103,121)(H2,104,122)(H,107,123)(H,108,126)(H,109,127)(H,110,130)(H,111,124)(H,112,125)(H,113,128)(H,114,131)(H,115,133)(H,116,132)(H,117,129)(H3,105,106,118)/t62-,69+,70+,71+,72+,73?,74?,75+,76+,77+,81+,82+/m1/s1. The van der Waals surface area contributed by atoms with E-state index >= 15 is 28.8 Å². The fourth-order valence-electron chi connectivity index (χ4n) is 16.0. The lowest BCUT2D eigenvalue weighted by Gasteiger charge is -2.33. The Balaban J connectivity index is 1.17. The molecule has 1 aromatic heterocycles. The quantitative estimate of drug-likeness (QED) is 0.0111. The lowest BCUT2D eigenvalue weighted by Crippen LogP contribution is -2.64. The second-order valence-corrected chi connectivity index (χ2v) is 42.9. The smallest absolute Gasteiger partial charge is 0.419 e. The minimum Gasteiger partial charge on any atom is -0.487 e. The van der Waals surface area contributed by atoms with E-state index in [2.05, 4.69) is 68.5 Å². The average Bonchev–Trinajstić information content (AvgIpc) is 1.73. The molecule has 0 aliphatic carbocycles. The van der Waals surface area contributed by atoms with Gasteiger partial charge in [-0.05, 0) is 208 Å². The molecular formula is C102H145N17O22S. The first kappa shape index (κ1) is 116. The monoisotopic (exact) mass is 1990 g/mol. The van der Waals surface area contributed by atoms with Crippen molar-refractivity contribution in [3.63, 3.8) is 0 Å². The van der Waals surface area contributed by atoms with E-state index in [-0.39, 0.29) is 62.3 Å². The highest BCUT2D eigenvalue weighted by Crippen LogP contribution is 2.44. The van der Waals surface area contributed by atoms with Crippen molar-refractivity contribution >= 4 is 116 Å². The molecule has 13 amide bonds. The van der Waals surface area contributed by atoms with Gasteiger partial charge in [-0.15, -0.1) is 0 Å². The van der Waals surface area contributed by atoms with Crippen LogP contribution in [-0.4, -0.2) is 222 Å². The number of sulfonamides is 1. The van der Waals surface area contributed by atoms with E-state index in [0.717, 1.165) is 5.56 Å². The number of primary amides is 2. The maximum absolute atomic E-state index is 15.7. The number of para-hydroxylation sites is 1. The third-order valence-corrected chi connectivity index (χ3v) is 24.3. The Kier molecular flexibility index (Phi) is 41.0. The lowest BCUT2D eigenvalue weighted by atomic mass is 9.94. The molecule has 142 heavy (non-hydrogen) atoms. The third-order valence-electron chi connectivity index (χ3n) is 22.7. The van der Waals surface area contributed by atoms with Gasteiger partial charge >= 0.3 is 12.2 Å². The summed E-state index contributed by atoms with van der Waals surface area (Å²) in [4.78, 5) is 217. The second-order valence-electron chi connectivity index (χ2n) is 41.2. The highest BCUT2D eigenvalue weighted by Gasteiger charge is 2.43. The Bertz CT molecular complexity index is 5650.